The lowest BCUT2D eigenvalue weighted by Gasteiger charge is -2.32. The molecular weight excluding hydrogens is 549 g/mol. The highest BCUT2D eigenvalue weighted by molar-refractivity contribution is 6.33. The number of fused-ring (bicyclic) bond motifs is 1. The lowest BCUT2D eigenvalue weighted by atomic mass is 10.1. The van der Waals surface area contributed by atoms with Gasteiger partial charge in [-0.15, -0.1) is 0 Å². The van der Waals surface area contributed by atoms with Crippen molar-refractivity contribution in [2.45, 2.75) is 13.5 Å². The molecule has 0 saturated carbocycles. The summed E-state index contributed by atoms with van der Waals surface area (Å²) in [4.78, 5) is 4.77. The fourth-order valence-corrected chi connectivity index (χ4v) is 5.74. The average molecular weight is 584 g/mol. The van der Waals surface area contributed by atoms with Gasteiger partial charge >= 0.3 is 0 Å². The van der Waals surface area contributed by atoms with Gasteiger partial charge in [-0.3, -0.25) is 4.90 Å². The lowest BCUT2D eigenvalue weighted by molar-refractivity contribution is 0.134. The zero-order chi connectivity index (χ0) is 29.1. The number of hydrogen-bond donors (Lipinski definition) is 0. The maximum atomic E-state index is 13.9. The van der Waals surface area contributed by atoms with Crippen molar-refractivity contribution >= 4 is 22.5 Å². The summed E-state index contributed by atoms with van der Waals surface area (Å²) in [5.74, 6) is 1.16. The molecule has 0 aliphatic carbocycles. The molecule has 0 N–H and O–H groups in total. The predicted octanol–water partition coefficient (Wildman–Crippen LogP) is 7.60. The fraction of sp³-hybridized carbons (Fsp3) is 0.257. The van der Waals surface area contributed by atoms with Crippen LogP contribution in [0.25, 0.3) is 27.8 Å². The molecule has 0 spiro atoms. The molecule has 1 fully saturated rings. The van der Waals surface area contributed by atoms with Crippen LogP contribution in [0.1, 0.15) is 11.1 Å². The molecule has 1 aliphatic heterocycles. The van der Waals surface area contributed by atoms with E-state index in [2.05, 4.69) is 45.7 Å². The van der Waals surface area contributed by atoms with E-state index in [1.807, 2.05) is 49.4 Å². The Bertz CT molecular complexity index is 1660. The van der Waals surface area contributed by atoms with Gasteiger partial charge in [-0.05, 0) is 79.2 Å². The monoisotopic (exact) mass is 583 g/mol. The normalized spacial score (nSPS) is 14.4. The number of likely N-dealkylation sites (N-methyl/N-ethyl adjacent to an activating group) is 1. The number of nitrogens with zero attached hydrogens (tertiary/aromatic N) is 3. The highest BCUT2D eigenvalue weighted by atomic mass is 35.5. The van der Waals surface area contributed by atoms with Crippen molar-refractivity contribution in [2.75, 3.05) is 46.4 Å². The number of rotatable bonds is 9. The summed E-state index contributed by atoms with van der Waals surface area (Å²) in [7, 11) is 2.16. The van der Waals surface area contributed by atoms with Crippen molar-refractivity contribution in [1.82, 2.24) is 14.4 Å². The molecule has 1 aliphatic rings. The standard InChI is InChI=1S/C35H35ClFN3O2/c1-25-30(15-16-32(34(25)36)41-22-21-39-19-17-38(2)18-20-39)40-31(27-11-13-29(37)14-12-27)23-28-9-6-10-33(35(28)40)42-24-26-7-4-3-5-8-26/h3-16,23H,17-22,24H2,1-2H3. The second-order valence-corrected chi connectivity index (χ2v) is 11.2. The van der Waals surface area contributed by atoms with Crippen molar-refractivity contribution in [1.29, 1.82) is 0 Å². The van der Waals surface area contributed by atoms with Crippen LogP contribution in [-0.4, -0.2) is 60.7 Å². The zero-order valence-corrected chi connectivity index (χ0v) is 24.8. The predicted molar refractivity (Wildman–Crippen MR) is 169 cm³/mol. The van der Waals surface area contributed by atoms with E-state index in [-0.39, 0.29) is 5.82 Å². The number of benzene rings is 4. The van der Waals surface area contributed by atoms with Crippen LogP contribution in [0.3, 0.4) is 0 Å². The Balaban J connectivity index is 1.36. The van der Waals surface area contributed by atoms with E-state index >= 15 is 0 Å². The second kappa shape index (κ2) is 12.6. The molecule has 42 heavy (non-hydrogen) atoms. The van der Waals surface area contributed by atoms with Gasteiger partial charge in [0.25, 0.3) is 0 Å². The average Bonchev–Trinajstić information content (AvgIpc) is 3.40. The first-order valence-corrected chi connectivity index (χ1v) is 14.8. The second-order valence-electron chi connectivity index (χ2n) is 10.9. The largest absolute Gasteiger partial charge is 0.491 e. The third-order valence-corrected chi connectivity index (χ3v) is 8.46. The van der Waals surface area contributed by atoms with Crippen LogP contribution in [0, 0.1) is 12.7 Å². The van der Waals surface area contributed by atoms with Gasteiger partial charge in [0.2, 0.25) is 0 Å². The smallest absolute Gasteiger partial charge is 0.144 e. The molecule has 0 bridgehead atoms. The first kappa shape index (κ1) is 28.3. The number of halogens is 2. The van der Waals surface area contributed by atoms with Gasteiger partial charge in [0.1, 0.15) is 30.5 Å². The highest BCUT2D eigenvalue weighted by Crippen LogP contribution is 2.40. The fourth-order valence-electron chi connectivity index (χ4n) is 5.52. The molecule has 5 aromatic rings. The molecule has 1 saturated heterocycles. The molecule has 1 aromatic heterocycles. The number of aromatic nitrogens is 1. The number of para-hydroxylation sites is 1. The van der Waals surface area contributed by atoms with E-state index in [9.17, 15) is 4.39 Å². The van der Waals surface area contributed by atoms with Crippen LogP contribution in [0.15, 0.2) is 91.0 Å². The molecular formula is C35H35ClFN3O2. The van der Waals surface area contributed by atoms with Gasteiger partial charge in [-0.2, -0.15) is 0 Å². The topological polar surface area (TPSA) is 29.9 Å². The Hall–Kier alpha value is -3.84. The Morgan fingerprint density at radius 1 is 0.810 bits per heavy atom. The van der Waals surface area contributed by atoms with E-state index in [0.717, 1.165) is 77.4 Å². The molecule has 4 aromatic carbocycles. The van der Waals surface area contributed by atoms with Crippen LogP contribution >= 0.6 is 11.6 Å². The Kier molecular flexibility index (Phi) is 8.47. The highest BCUT2D eigenvalue weighted by Gasteiger charge is 2.20. The van der Waals surface area contributed by atoms with Crippen LogP contribution in [0.5, 0.6) is 11.5 Å². The van der Waals surface area contributed by atoms with E-state index in [4.69, 9.17) is 21.1 Å². The molecule has 0 amide bonds. The van der Waals surface area contributed by atoms with Gasteiger partial charge in [0.05, 0.1) is 21.9 Å². The molecule has 6 rings (SSSR count). The summed E-state index contributed by atoms with van der Waals surface area (Å²) in [6.45, 7) is 8.15. The summed E-state index contributed by atoms with van der Waals surface area (Å²) in [6.07, 6.45) is 0. The molecule has 216 valence electrons. The van der Waals surface area contributed by atoms with Gasteiger partial charge < -0.3 is 18.9 Å². The van der Waals surface area contributed by atoms with Crippen molar-refractivity contribution in [3.8, 4) is 28.4 Å². The first-order chi connectivity index (χ1) is 20.5. The van der Waals surface area contributed by atoms with Crippen LogP contribution < -0.4 is 9.47 Å². The van der Waals surface area contributed by atoms with Gasteiger partial charge in [-0.25, -0.2) is 4.39 Å². The Morgan fingerprint density at radius 3 is 2.33 bits per heavy atom. The number of piperazine rings is 1. The SMILES string of the molecule is Cc1c(-n2c(-c3ccc(F)cc3)cc3cccc(OCc4ccccc4)c32)ccc(OCCN2CCN(C)CC2)c1Cl. The Morgan fingerprint density at radius 2 is 1.57 bits per heavy atom. The van der Waals surface area contributed by atoms with Crippen molar-refractivity contribution in [3.63, 3.8) is 0 Å². The maximum Gasteiger partial charge on any atom is 0.144 e. The molecule has 7 heteroatoms. The summed E-state index contributed by atoms with van der Waals surface area (Å²) >= 11 is 6.97. The summed E-state index contributed by atoms with van der Waals surface area (Å²) in [5.41, 5.74) is 5.64. The minimum Gasteiger partial charge on any atom is -0.491 e. The quantitative estimate of drug-likeness (QED) is 0.179. The van der Waals surface area contributed by atoms with Gasteiger partial charge in [0.15, 0.2) is 0 Å². The van der Waals surface area contributed by atoms with E-state index in [1.54, 1.807) is 12.1 Å². The Labute approximate surface area is 251 Å². The maximum absolute atomic E-state index is 13.9. The molecule has 0 radical (unpaired) electrons. The first-order valence-electron chi connectivity index (χ1n) is 14.4. The summed E-state index contributed by atoms with van der Waals surface area (Å²) in [5, 5.41) is 1.60. The number of hydrogen-bond acceptors (Lipinski definition) is 4. The minimum absolute atomic E-state index is 0.273. The van der Waals surface area contributed by atoms with E-state index < -0.39 is 0 Å². The number of ether oxygens (including phenoxy) is 2. The third kappa shape index (κ3) is 6.02. The molecule has 0 atom stereocenters. The van der Waals surface area contributed by atoms with Crippen LogP contribution in [0.4, 0.5) is 4.39 Å². The summed E-state index contributed by atoms with van der Waals surface area (Å²) < 4.78 is 28.6. The summed E-state index contributed by atoms with van der Waals surface area (Å²) in [6, 6.07) is 28.9. The molecule has 0 unspecified atom stereocenters. The zero-order valence-electron chi connectivity index (χ0n) is 24.0. The van der Waals surface area contributed by atoms with Crippen LogP contribution in [0.2, 0.25) is 5.02 Å². The van der Waals surface area contributed by atoms with E-state index in [1.165, 1.54) is 12.1 Å². The third-order valence-electron chi connectivity index (χ3n) is 7.99. The van der Waals surface area contributed by atoms with Crippen LogP contribution in [-0.2, 0) is 6.61 Å². The molecule has 5 nitrogen and oxygen atoms in total. The van der Waals surface area contributed by atoms with Crippen molar-refractivity contribution < 1.29 is 13.9 Å². The van der Waals surface area contributed by atoms with Gasteiger partial charge in [-0.1, -0.05) is 54.1 Å². The van der Waals surface area contributed by atoms with Gasteiger partial charge in [0, 0.05) is 38.1 Å². The minimum atomic E-state index is -0.273. The molecule has 2 heterocycles. The van der Waals surface area contributed by atoms with Crippen molar-refractivity contribution in [2.24, 2.45) is 0 Å². The van der Waals surface area contributed by atoms with E-state index in [0.29, 0.717) is 24.0 Å². The lowest BCUT2D eigenvalue weighted by Crippen LogP contribution is -2.45. The van der Waals surface area contributed by atoms with Crippen molar-refractivity contribution in [3.05, 3.63) is 113 Å².